The summed E-state index contributed by atoms with van der Waals surface area (Å²) in [7, 11) is 0. The molecule has 14 heavy (non-hydrogen) atoms. The molecule has 1 fully saturated rings. The van der Waals surface area contributed by atoms with E-state index in [9.17, 15) is 4.79 Å². The minimum absolute atomic E-state index is 0.306. The predicted octanol–water partition coefficient (Wildman–Crippen LogP) is 3.76. The van der Waals surface area contributed by atoms with Crippen LogP contribution >= 0.6 is 11.3 Å². The van der Waals surface area contributed by atoms with Crippen molar-refractivity contribution in [3.63, 3.8) is 0 Å². The van der Waals surface area contributed by atoms with Crippen LogP contribution in [0.15, 0.2) is 16.8 Å². The molecule has 76 valence electrons. The van der Waals surface area contributed by atoms with Gasteiger partial charge in [0.1, 0.15) is 0 Å². The minimum Gasteiger partial charge on any atom is -0.294 e. The number of carbonyl (C=O) groups is 1. The molecule has 1 heterocycles. The highest BCUT2D eigenvalue weighted by atomic mass is 32.1. The Bertz CT molecular complexity index is 294. The normalized spacial score (nSPS) is 27.5. The average molecular weight is 208 g/mol. The number of thiophene rings is 1. The van der Waals surface area contributed by atoms with Crippen molar-refractivity contribution in [3.8, 4) is 0 Å². The second kappa shape index (κ2) is 4.26. The van der Waals surface area contributed by atoms with Gasteiger partial charge in [-0.05, 0) is 30.2 Å². The number of ketones is 1. The molecule has 0 amide bonds. The van der Waals surface area contributed by atoms with E-state index < -0.39 is 0 Å². The highest BCUT2D eigenvalue weighted by Crippen LogP contribution is 2.30. The van der Waals surface area contributed by atoms with Gasteiger partial charge >= 0.3 is 0 Å². The number of hydrogen-bond donors (Lipinski definition) is 0. The Kier molecular flexibility index (Phi) is 3.02. The van der Waals surface area contributed by atoms with Crippen LogP contribution in [0.1, 0.15) is 43.0 Å². The molecular formula is C12H16OS. The first-order valence-corrected chi connectivity index (χ1v) is 6.28. The summed E-state index contributed by atoms with van der Waals surface area (Å²) >= 11 is 1.61. The van der Waals surface area contributed by atoms with E-state index in [4.69, 9.17) is 0 Å². The van der Waals surface area contributed by atoms with E-state index in [2.05, 4.69) is 6.92 Å². The van der Waals surface area contributed by atoms with Gasteiger partial charge in [-0.15, -0.1) is 0 Å². The number of carbonyl (C=O) groups excluding carboxylic acids is 1. The van der Waals surface area contributed by atoms with Crippen molar-refractivity contribution in [2.24, 2.45) is 11.8 Å². The van der Waals surface area contributed by atoms with E-state index in [-0.39, 0.29) is 0 Å². The van der Waals surface area contributed by atoms with Gasteiger partial charge in [-0.25, -0.2) is 0 Å². The van der Waals surface area contributed by atoms with Crippen LogP contribution in [-0.4, -0.2) is 5.78 Å². The van der Waals surface area contributed by atoms with Crippen molar-refractivity contribution in [3.05, 3.63) is 22.4 Å². The fraction of sp³-hybridized carbons (Fsp3) is 0.583. The Labute approximate surface area is 89.1 Å². The third-order valence-electron chi connectivity index (χ3n) is 3.19. The van der Waals surface area contributed by atoms with Crippen LogP contribution in [-0.2, 0) is 0 Å². The van der Waals surface area contributed by atoms with Crippen molar-refractivity contribution < 1.29 is 4.79 Å². The van der Waals surface area contributed by atoms with Crippen LogP contribution < -0.4 is 0 Å². The van der Waals surface area contributed by atoms with Gasteiger partial charge in [0.2, 0.25) is 0 Å². The van der Waals surface area contributed by atoms with Gasteiger partial charge in [-0.2, -0.15) is 11.3 Å². The van der Waals surface area contributed by atoms with E-state index in [0.717, 1.165) is 24.3 Å². The lowest BCUT2D eigenvalue weighted by atomic mass is 9.80. The van der Waals surface area contributed by atoms with Crippen LogP contribution in [0.2, 0.25) is 0 Å². The molecule has 0 spiro atoms. The molecule has 0 aliphatic heterocycles. The summed E-state index contributed by atoms with van der Waals surface area (Å²) in [4.78, 5) is 12.0. The quantitative estimate of drug-likeness (QED) is 0.676. The molecule has 0 bridgehead atoms. The van der Waals surface area contributed by atoms with Crippen molar-refractivity contribution in [1.82, 2.24) is 0 Å². The Morgan fingerprint density at radius 2 is 2.07 bits per heavy atom. The standard InChI is InChI=1S/C12H16OS/c1-9-2-4-10(5-3-9)12(13)11-6-7-14-8-11/h6-10H,2-5H2,1H3. The second-order valence-corrected chi connectivity index (χ2v) is 5.11. The molecule has 1 aromatic rings. The summed E-state index contributed by atoms with van der Waals surface area (Å²) in [6, 6.07) is 1.95. The molecule has 0 radical (unpaired) electrons. The molecule has 1 saturated carbocycles. The highest BCUT2D eigenvalue weighted by molar-refractivity contribution is 7.08. The van der Waals surface area contributed by atoms with E-state index in [1.54, 1.807) is 11.3 Å². The van der Waals surface area contributed by atoms with Crippen LogP contribution in [0.4, 0.5) is 0 Å². The Balaban J connectivity index is 1.99. The summed E-state index contributed by atoms with van der Waals surface area (Å²) in [6.45, 7) is 2.28. The molecule has 1 aliphatic rings. The van der Waals surface area contributed by atoms with Gasteiger partial charge in [-0.3, -0.25) is 4.79 Å². The first kappa shape index (κ1) is 9.91. The third kappa shape index (κ3) is 2.06. The average Bonchev–Trinajstić information content (AvgIpc) is 2.71. The maximum Gasteiger partial charge on any atom is 0.166 e. The van der Waals surface area contributed by atoms with Crippen LogP contribution in [0, 0.1) is 11.8 Å². The summed E-state index contributed by atoms with van der Waals surface area (Å²) in [6.07, 6.45) is 4.63. The maximum atomic E-state index is 12.0. The van der Waals surface area contributed by atoms with Gasteiger partial charge < -0.3 is 0 Å². The van der Waals surface area contributed by atoms with E-state index in [1.807, 2.05) is 16.8 Å². The topological polar surface area (TPSA) is 17.1 Å². The summed E-state index contributed by atoms with van der Waals surface area (Å²) in [5, 5.41) is 3.96. The van der Waals surface area contributed by atoms with E-state index in [0.29, 0.717) is 11.7 Å². The van der Waals surface area contributed by atoms with Crippen molar-refractivity contribution in [2.75, 3.05) is 0 Å². The van der Waals surface area contributed by atoms with Crippen LogP contribution in [0.25, 0.3) is 0 Å². The third-order valence-corrected chi connectivity index (χ3v) is 3.88. The SMILES string of the molecule is CC1CCC(C(=O)c2ccsc2)CC1. The zero-order valence-electron chi connectivity index (χ0n) is 8.53. The summed E-state index contributed by atoms with van der Waals surface area (Å²) in [5.74, 6) is 1.50. The van der Waals surface area contributed by atoms with Gasteiger partial charge in [-0.1, -0.05) is 19.8 Å². The van der Waals surface area contributed by atoms with E-state index in [1.165, 1.54) is 12.8 Å². The van der Waals surface area contributed by atoms with Crippen LogP contribution in [0.5, 0.6) is 0 Å². The summed E-state index contributed by atoms with van der Waals surface area (Å²) in [5.41, 5.74) is 0.926. The van der Waals surface area contributed by atoms with E-state index >= 15 is 0 Å². The van der Waals surface area contributed by atoms with Crippen molar-refractivity contribution >= 4 is 17.1 Å². The predicted molar refractivity (Wildman–Crippen MR) is 59.8 cm³/mol. The largest absolute Gasteiger partial charge is 0.294 e. The molecule has 0 aromatic carbocycles. The molecule has 1 nitrogen and oxygen atoms in total. The lowest BCUT2D eigenvalue weighted by Crippen LogP contribution is -2.20. The molecule has 1 aromatic heterocycles. The van der Waals surface area contributed by atoms with Crippen molar-refractivity contribution in [1.29, 1.82) is 0 Å². The molecule has 0 N–H and O–H groups in total. The lowest BCUT2D eigenvalue weighted by Gasteiger charge is -2.24. The maximum absolute atomic E-state index is 12.0. The fourth-order valence-corrected chi connectivity index (χ4v) is 2.81. The summed E-state index contributed by atoms with van der Waals surface area (Å²) < 4.78 is 0. The first-order chi connectivity index (χ1) is 6.77. The van der Waals surface area contributed by atoms with Gasteiger partial charge in [0.05, 0.1) is 0 Å². The molecule has 2 heteroatoms. The number of rotatable bonds is 2. The zero-order chi connectivity index (χ0) is 9.97. The van der Waals surface area contributed by atoms with Crippen LogP contribution in [0.3, 0.4) is 0 Å². The van der Waals surface area contributed by atoms with Gasteiger partial charge in [0.15, 0.2) is 5.78 Å². The Hall–Kier alpha value is -0.630. The minimum atomic E-state index is 0.306. The number of Topliss-reactive ketones (excluding diaryl/α,β-unsaturated/α-hetero) is 1. The molecule has 0 unspecified atom stereocenters. The van der Waals surface area contributed by atoms with Gasteiger partial charge in [0, 0.05) is 16.9 Å². The van der Waals surface area contributed by atoms with Gasteiger partial charge in [0.25, 0.3) is 0 Å². The Morgan fingerprint density at radius 3 is 2.64 bits per heavy atom. The van der Waals surface area contributed by atoms with Crippen molar-refractivity contribution in [2.45, 2.75) is 32.6 Å². The Morgan fingerprint density at radius 1 is 1.36 bits per heavy atom. The first-order valence-electron chi connectivity index (χ1n) is 5.34. The monoisotopic (exact) mass is 208 g/mol. The smallest absolute Gasteiger partial charge is 0.166 e. The fourth-order valence-electron chi connectivity index (χ4n) is 2.16. The molecule has 0 atom stereocenters. The number of hydrogen-bond acceptors (Lipinski definition) is 2. The highest BCUT2D eigenvalue weighted by Gasteiger charge is 2.25. The second-order valence-electron chi connectivity index (χ2n) is 4.33. The molecular weight excluding hydrogens is 192 g/mol. The zero-order valence-corrected chi connectivity index (χ0v) is 9.35. The lowest BCUT2D eigenvalue weighted by molar-refractivity contribution is 0.0876. The molecule has 1 aliphatic carbocycles. The molecule has 2 rings (SSSR count). The molecule has 0 saturated heterocycles.